The fourth-order valence-corrected chi connectivity index (χ4v) is 2.57. The minimum absolute atomic E-state index is 0.279. The van der Waals surface area contributed by atoms with E-state index < -0.39 is 0 Å². The van der Waals surface area contributed by atoms with E-state index in [0.717, 1.165) is 27.3 Å². The molecule has 0 aliphatic carbocycles. The second-order valence-corrected chi connectivity index (χ2v) is 5.34. The van der Waals surface area contributed by atoms with Crippen molar-refractivity contribution in [2.75, 3.05) is 17.7 Å². The molecule has 5 heteroatoms. The molecule has 2 aromatic carbocycles. The summed E-state index contributed by atoms with van der Waals surface area (Å²) in [5.41, 5.74) is 7.77. The number of rotatable bonds is 3. The van der Waals surface area contributed by atoms with E-state index in [1.165, 1.54) is 0 Å². The van der Waals surface area contributed by atoms with Crippen molar-refractivity contribution in [3.05, 3.63) is 59.1 Å². The fraction of sp³-hybridized carbons (Fsp3) is 0.125. The van der Waals surface area contributed by atoms with Crippen LogP contribution in [0.5, 0.6) is 0 Å². The highest BCUT2D eigenvalue weighted by Crippen LogP contribution is 2.25. The number of nitrogens with two attached hydrogens (primary N) is 1. The van der Waals surface area contributed by atoms with Crippen LogP contribution in [0.2, 0.25) is 5.02 Å². The minimum Gasteiger partial charge on any atom is -0.368 e. The number of halogens is 1. The molecule has 21 heavy (non-hydrogen) atoms. The van der Waals surface area contributed by atoms with Crippen molar-refractivity contribution in [3.63, 3.8) is 0 Å². The van der Waals surface area contributed by atoms with Crippen LogP contribution in [0.25, 0.3) is 10.9 Å². The Labute approximate surface area is 128 Å². The summed E-state index contributed by atoms with van der Waals surface area (Å²) in [5, 5.41) is 1.71. The monoisotopic (exact) mass is 298 g/mol. The van der Waals surface area contributed by atoms with Crippen molar-refractivity contribution >= 4 is 34.3 Å². The molecule has 4 nitrogen and oxygen atoms in total. The van der Waals surface area contributed by atoms with Gasteiger partial charge in [-0.3, -0.25) is 0 Å². The Balaban J connectivity index is 1.99. The molecule has 0 unspecified atom stereocenters. The summed E-state index contributed by atoms with van der Waals surface area (Å²) in [6.07, 6.45) is 0. The smallest absolute Gasteiger partial charge is 0.222 e. The lowest BCUT2D eigenvalue weighted by molar-refractivity contribution is 0.902. The Morgan fingerprint density at radius 2 is 1.90 bits per heavy atom. The Morgan fingerprint density at radius 1 is 1.10 bits per heavy atom. The number of fused-ring (bicyclic) bond motifs is 1. The van der Waals surface area contributed by atoms with E-state index in [2.05, 4.69) is 9.97 Å². The zero-order valence-electron chi connectivity index (χ0n) is 11.6. The van der Waals surface area contributed by atoms with Crippen LogP contribution < -0.4 is 10.6 Å². The number of para-hydroxylation sites is 1. The molecule has 106 valence electrons. The molecule has 0 amide bonds. The van der Waals surface area contributed by atoms with Gasteiger partial charge in [-0.1, -0.05) is 35.9 Å². The van der Waals surface area contributed by atoms with Gasteiger partial charge < -0.3 is 10.6 Å². The molecule has 1 heterocycles. The zero-order valence-corrected chi connectivity index (χ0v) is 12.4. The Morgan fingerprint density at radius 3 is 2.71 bits per heavy atom. The van der Waals surface area contributed by atoms with Crippen molar-refractivity contribution in [1.82, 2.24) is 9.97 Å². The molecule has 0 fully saturated rings. The third-order valence-electron chi connectivity index (χ3n) is 3.27. The first kappa shape index (κ1) is 13.6. The number of hydrogen-bond acceptors (Lipinski definition) is 4. The highest BCUT2D eigenvalue weighted by Gasteiger charge is 2.10. The molecule has 0 spiro atoms. The SMILES string of the molecule is CN(Cc1cccc(Cl)c1)c1nc(N)nc2ccccc12. The summed E-state index contributed by atoms with van der Waals surface area (Å²) in [4.78, 5) is 10.7. The molecule has 0 saturated carbocycles. The zero-order chi connectivity index (χ0) is 14.8. The quantitative estimate of drug-likeness (QED) is 0.804. The average molecular weight is 299 g/mol. The average Bonchev–Trinajstić information content (AvgIpc) is 2.46. The van der Waals surface area contributed by atoms with Crippen molar-refractivity contribution in [2.45, 2.75) is 6.54 Å². The van der Waals surface area contributed by atoms with Crippen molar-refractivity contribution < 1.29 is 0 Å². The van der Waals surface area contributed by atoms with E-state index in [-0.39, 0.29) is 5.95 Å². The summed E-state index contributed by atoms with van der Waals surface area (Å²) in [5.74, 6) is 1.10. The van der Waals surface area contributed by atoms with E-state index in [4.69, 9.17) is 17.3 Å². The van der Waals surface area contributed by atoms with Gasteiger partial charge in [-0.25, -0.2) is 4.98 Å². The fourth-order valence-electron chi connectivity index (χ4n) is 2.35. The minimum atomic E-state index is 0.279. The van der Waals surface area contributed by atoms with Crippen LogP contribution in [0.15, 0.2) is 48.5 Å². The summed E-state index contributed by atoms with van der Waals surface area (Å²) in [6.45, 7) is 0.695. The summed E-state index contributed by atoms with van der Waals surface area (Å²) < 4.78 is 0. The molecule has 0 radical (unpaired) electrons. The highest BCUT2D eigenvalue weighted by atomic mass is 35.5. The third kappa shape index (κ3) is 2.90. The number of hydrogen-bond donors (Lipinski definition) is 1. The van der Waals surface area contributed by atoms with Gasteiger partial charge in [0, 0.05) is 24.0 Å². The number of nitrogen functional groups attached to an aromatic ring is 1. The van der Waals surface area contributed by atoms with Crippen LogP contribution in [0.1, 0.15) is 5.56 Å². The summed E-state index contributed by atoms with van der Waals surface area (Å²) in [7, 11) is 1.98. The predicted molar refractivity (Wildman–Crippen MR) is 87.5 cm³/mol. The van der Waals surface area contributed by atoms with Crippen LogP contribution >= 0.6 is 11.6 Å². The van der Waals surface area contributed by atoms with E-state index in [1.807, 2.05) is 60.5 Å². The lowest BCUT2D eigenvalue weighted by Gasteiger charge is -2.20. The maximum absolute atomic E-state index is 6.03. The number of aromatic nitrogens is 2. The van der Waals surface area contributed by atoms with Gasteiger partial charge in [0.1, 0.15) is 5.82 Å². The van der Waals surface area contributed by atoms with Gasteiger partial charge in [0.05, 0.1) is 5.52 Å². The Bertz CT molecular complexity index is 788. The standard InChI is InChI=1S/C16H15ClN4/c1-21(10-11-5-4-6-12(17)9-11)15-13-7-2-3-8-14(13)19-16(18)20-15/h2-9H,10H2,1H3,(H2,18,19,20). The van der Waals surface area contributed by atoms with Crippen molar-refractivity contribution in [1.29, 1.82) is 0 Å². The van der Waals surface area contributed by atoms with Crippen molar-refractivity contribution in [3.8, 4) is 0 Å². The number of nitrogens with zero attached hydrogens (tertiary/aromatic N) is 3. The summed E-state index contributed by atoms with van der Waals surface area (Å²) in [6, 6.07) is 15.6. The first-order valence-electron chi connectivity index (χ1n) is 6.61. The van der Waals surface area contributed by atoms with Crippen LogP contribution in [0.3, 0.4) is 0 Å². The van der Waals surface area contributed by atoms with E-state index in [9.17, 15) is 0 Å². The lowest BCUT2D eigenvalue weighted by Crippen LogP contribution is -2.19. The number of anilines is 2. The van der Waals surface area contributed by atoms with Crippen LogP contribution in [-0.2, 0) is 6.54 Å². The molecule has 3 rings (SSSR count). The molecule has 1 aromatic heterocycles. The van der Waals surface area contributed by atoms with Gasteiger partial charge in [-0.05, 0) is 29.8 Å². The van der Waals surface area contributed by atoms with Crippen LogP contribution in [0, 0.1) is 0 Å². The normalized spacial score (nSPS) is 10.8. The molecule has 3 aromatic rings. The highest BCUT2D eigenvalue weighted by molar-refractivity contribution is 6.30. The van der Waals surface area contributed by atoms with Crippen LogP contribution in [-0.4, -0.2) is 17.0 Å². The van der Waals surface area contributed by atoms with Gasteiger partial charge in [0.25, 0.3) is 0 Å². The topological polar surface area (TPSA) is 55.0 Å². The predicted octanol–water partition coefficient (Wildman–Crippen LogP) is 3.50. The van der Waals surface area contributed by atoms with E-state index in [0.29, 0.717) is 6.54 Å². The maximum Gasteiger partial charge on any atom is 0.222 e. The molecule has 0 atom stereocenters. The second kappa shape index (κ2) is 5.58. The Kier molecular flexibility index (Phi) is 3.62. The third-order valence-corrected chi connectivity index (χ3v) is 3.51. The summed E-state index contributed by atoms with van der Waals surface area (Å²) >= 11 is 6.03. The molecule has 0 aliphatic heterocycles. The van der Waals surface area contributed by atoms with E-state index >= 15 is 0 Å². The van der Waals surface area contributed by atoms with Crippen LogP contribution in [0.4, 0.5) is 11.8 Å². The van der Waals surface area contributed by atoms with Gasteiger partial charge in [0.15, 0.2) is 0 Å². The lowest BCUT2D eigenvalue weighted by atomic mass is 10.2. The molecule has 0 bridgehead atoms. The molecule has 2 N–H and O–H groups in total. The molecular formula is C16H15ClN4. The molecular weight excluding hydrogens is 284 g/mol. The number of benzene rings is 2. The van der Waals surface area contributed by atoms with Gasteiger partial charge in [-0.2, -0.15) is 4.98 Å². The first-order chi connectivity index (χ1) is 10.1. The largest absolute Gasteiger partial charge is 0.368 e. The molecule has 0 saturated heterocycles. The van der Waals surface area contributed by atoms with Gasteiger partial charge in [-0.15, -0.1) is 0 Å². The Hall–Kier alpha value is -2.33. The van der Waals surface area contributed by atoms with Gasteiger partial charge in [0.2, 0.25) is 5.95 Å². The molecule has 0 aliphatic rings. The van der Waals surface area contributed by atoms with Crippen molar-refractivity contribution in [2.24, 2.45) is 0 Å². The van der Waals surface area contributed by atoms with E-state index in [1.54, 1.807) is 0 Å². The van der Waals surface area contributed by atoms with Gasteiger partial charge >= 0.3 is 0 Å². The maximum atomic E-state index is 6.03. The first-order valence-corrected chi connectivity index (χ1v) is 6.99. The second-order valence-electron chi connectivity index (χ2n) is 4.91.